The van der Waals surface area contributed by atoms with Crippen molar-refractivity contribution in [1.82, 2.24) is 9.88 Å². The molecule has 1 amide bonds. The van der Waals surface area contributed by atoms with E-state index in [1.165, 1.54) is 25.5 Å². The molecule has 0 saturated carbocycles. The van der Waals surface area contributed by atoms with Crippen molar-refractivity contribution in [1.29, 1.82) is 0 Å². The molecule has 1 fully saturated rings. The molecule has 0 unspecified atom stereocenters. The van der Waals surface area contributed by atoms with Gasteiger partial charge in [0.25, 0.3) is 5.91 Å². The number of carbonyl (C=O) groups is 1. The zero-order valence-electron chi connectivity index (χ0n) is 16.2. The Morgan fingerprint density at radius 1 is 1.07 bits per heavy atom. The molecule has 1 N–H and O–H groups in total. The fourth-order valence-electron chi connectivity index (χ4n) is 3.71. The smallest absolute Gasteiger partial charge is 0.255 e. The Labute approximate surface area is 175 Å². The number of hydrogen-bond acceptors (Lipinski definition) is 4. The minimum atomic E-state index is -0.224. The van der Waals surface area contributed by atoms with Crippen LogP contribution >= 0.6 is 11.6 Å². The molecule has 1 aliphatic rings. The van der Waals surface area contributed by atoms with Crippen LogP contribution in [0, 0.1) is 0 Å². The maximum atomic E-state index is 12.6. The highest BCUT2D eigenvalue weighted by atomic mass is 35.5. The first kappa shape index (κ1) is 19.7. The number of anilines is 1. The Kier molecular flexibility index (Phi) is 6.27. The van der Waals surface area contributed by atoms with Gasteiger partial charge in [0, 0.05) is 34.8 Å². The summed E-state index contributed by atoms with van der Waals surface area (Å²) in [6.07, 6.45) is 5.41. The van der Waals surface area contributed by atoms with Crippen molar-refractivity contribution in [2.45, 2.75) is 19.3 Å². The molecule has 0 spiro atoms. The minimum absolute atomic E-state index is 0.224. The zero-order valence-corrected chi connectivity index (χ0v) is 17.0. The number of rotatable bonds is 6. The van der Waals surface area contributed by atoms with Gasteiger partial charge in [-0.25, -0.2) is 4.98 Å². The van der Waals surface area contributed by atoms with Crippen molar-refractivity contribution in [3.05, 3.63) is 65.4 Å². The molecule has 1 aliphatic heterocycles. The van der Waals surface area contributed by atoms with Crippen LogP contribution in [0.1, 0.15) is 29.6 Å². The summed E-state index contributed by atoms with van der Waals surface area (Å²) in [6, 6.07) is 14.9. The summed E-state index contributed by atoms with van der Waals surface area (Å²) in [4.78, 5) is 19.0. The van der Waals surface area contributed by atoms with E-state index >= 15 is 0 Å². The van der Waals surface area contributed by atoms with Gasteiger partial charge in [-0.3, -0.25) is 9.69 Å². The average Bonchev–Trinajstić information content (AvgIpc) is 2.76. The van der Waals surface area contributed by atoms with Crippen LogP contribution in [0.25, 0.3) is 10.8 Å². The van der Waals surface area contributed by atoms with Crippen molar-refractivity contribution in [2.24, 2.45) is 0 Å². The molecule has 5 nitrogen and oxygen atoms in total. The summed E-state index contributed by atoms with van der Waals surface area (Å²) in [5.41, 5.74) is 1.21. The minimum Gasteiger partial charge on any atom is -0.492 e. The topological polar surface area (TPSA) is 54.5 Å². The van der Waals surface area contributed by atoms with Crippen LogP contribution < -0.4 is 10.1 Å². The normalized spacial score (nSPS) is 14.7. The van der Waals surface area contributed by atoms with Crippen molar-refractivity contribution in [3.8, 4) is 5.75 Å². The Hall–Kier alpha value is -2.63. The van der Waals surface area contributed by atoms with Gasteiger partial charge in [-0.1, -0.05) is 42.3 Å². The van der Waals surface area contributed by atoms with Crippen molar-refractivity contribution < 1.29 is 9.53 Å². The SMILES string of the molecule is O=C(Nc1ccc(OCCN2CCCCC2)c2ccccc12)c1ccnc(Cl)c1. The molecule has 150 valence electrons. The second-order valence-electron chi connectivity index (χ2n) is 7.23. The molecule has 0 aliphatic carbocycles. The Balaban J connectivity index is 1.49. The first-order chi connectivity index (χ1) is 14.2. The number of pyridine rings is 1. The number of aromatic nitrogens is 1. The fourth-order valence-corrected chi connectivity index (χ4v) is 3.89. The van der Waals surface area contributed by atoms with E-state index in [1.54, 1.807) is 12.1 Å². The molecule has 3 aromatic rings. The molecule has 29 heavy (non-hydrogen) atoms. The number of hydrogen-bond donors (Lipinski definition) is 1. The highest BCUT2D eigenvalue weighted by Crippen LogP contribution is 2.32. The maximum Gasteiger partial charge on any atom is 0.255 e. The van der Waals surface area contributed by atoms with Gasteiger partial charge < -0.3 is 10.1 Å². The second-order valence-corrected chi connectivity index (χ2v) is 7.62. The average molecular weight is 410 g/mol. The largest absolute Gasteiger partial charge is 0.492 e. The lowest BCUT2D eigenvalue weighted by Gasteiger charge is -2.26. The summed E-state index contributed by atoms with van der Waals surface area (Å²) in [5, 5.41) is 5.19. The summed E-state index contributed by atoms with van der Waals surface area (Å²) in [5.74, 6) is 0.612. The number of likely N-dealkylation sites (tertiary alicyclic amines) is 1. The van der Waals surface area contributed by atoms with E-state index in [4.69, 9.17) is 16.3 Å². The van der Waals surface area contributed by atoms with Crippen LogP contribution in [0.2, 0.25) is 5.15 Å². The molecule has 0 radical (unpaired) electrons. The van der Waals surface area contributed by atoms with Gasteiger partial charge in [0.05, 0.1) is 0 Å². The molecule has 4 rings (SSSR count). The van der Waals surface area contributed by atoms with Gasteiger partial charge in [0.15, 0.2) is 0 Å². The zero-order chi connectivity index (χ0) is 20.1. The molecule has 0 atom stereocenters. The first-order valence-electron chi connectivity index (χ1n) is 10.0. The molecular formula is C23H24ClN3O2. The van der Waals surface area contributed by atoms with E-state index in [1.807, 2.05) is 36.4 Å². The molecule has 0 bridgehead atoms. The molecule has 2 heterocycles. The molecule has 1 aromatic heterocycles. The lowest BCUT2D eigenvalue weighted by atomic mass is 10.1. The monoisotopic (exact) mass is 409 g/mol. The highest BCUT2D eigenvalue weighted by molar-refractivity contribution is 6.29. The van der Waals surface area contributed by atoms with E-state index in [-0.39, 0.29) is 5.91 Å². The number of carbonyl (C=O) groups excluding carboxylic acids is 1. The number of fused-ring (bicyclic) bond motifs is 1. The third-order valence-corrected chi connectivity index (χ3v) is 5.44. The van der Waals surface area contributed by atoms with Gasteiger partial charge >= 0.3 is 0 Å². The second kappa shape index (κ2) is 9.25. The van der Waals surface area contributed by atoms with Crippen molar-refractivity contribution >= 4 is 34.0 Å². The molecule has 1 saturated heterocycles. The lowest BCUT2D eigenvalue weighted by Crippen LogP contribution is -2.33. The van der Waals surface area contributed by atoms with Gasteiger partial charge in [-0.05, 0) is 50.2 Å². The Morgan fingerprint density at radius 2 is 1.86 bits per heavy atom. The van der Waals surface area contributed by atoms with Gasteiger partial charge in [0.2, 0.25) is 0 Å². The van der Waals surface area contributed by atoms with E-state index in [0.717, 1.165) is 41.8 Å². The Morgan fingerprint density at radius 3 is 2.66 bits per heavy atom. The number of nitrogens with one attached hydrogen (secondary N) is 1. The molecule has 2 aromatic carbocycles. The third kappa shape index (κ3) is 4.86. The maximum absolute atomic E-state index is 12.6. The van der Waals surface area contributed by atoms with Crippen molar-refractivity contribution in [3.63, 3.8) is 0 Å². The van der Waals surface area contributed by atoms with Gasteiger partial charge in [-0.2, -0.15) is 0 Å². The predicted molar refractivity (Wildman–Crippen MR) is 117 cm³/mol. The van der Waals surface area contributed by atoms with E-state index in [2.05, 4.69) is 15.2 Å². The summed E-state index contributed by atoms with van der Waals surface area (Å²) in [7, 11) is 0. The quantitative estimate of drug-likeness (QED) is 0.582. The fraction of sp³-hybridized carbons (Fsp3) is 0.304. The summed E-state index contributed by atoms with van der Waals surface area (Å²) >= 11 is 5.90. The van der Waals surface area contributed by atoms with Gasteiger partial charge in [-0.15, -0.1) is 0 Å². The lowest BCUT2D eigenvalue weighted by molar-refractivity contribution is 0.102. The van der Waals surface area contributed by atoms with E-state index < -0.39 is 0 Å². The number of halogens is 1. The number of amides is 1. The van der Waals surface area contributed by atoms with Crippen LogP contribution in [-0.2, 0) is 0 Å². The molecule has 6 heteroatoms. The highest BCUT2D eigenvalue weighted by Gasteiger charge is 2.13. The summed E-state index contributed by atoms with van der Waals surface area (Å²) < 4.78 is 6.10. The molecular weight excluding hydrogens is 386 g/mol. The van der Waals surface area contributed by atoms with Crippen LogP contribution in [0.5, 0.6) is 5.75 Å². The first-order valence-corrected chi connectivity index (χ1v) is 10.4. The van der Waals surface area contributed by atoms with E-state index in [0.29, 0.717) is 17.3 Å². The summed E-state index contributed by atoms with van der Waals surface area (Å²) in [6.45, 7) is 3.92. The number of piperidine rings is 1. The van der Waals surface area contributed by atoms with Gasteiger partial charge in [0.1, 0.15) is 17.5 Å². The standard InChI is InChI=1S/C23H24ClN3O2/c24-22-16-17(10-11-25-22)23(28)26-20-8-9-21(19-7-3-2-6-18(19)20)29-15-14-27-12-4-1-5-13-27/h2-3,6-11,16H,1,4-5,12-15H2,(H,26,28). The number of ether oxygens (including phenoxy) is 1. The predicted octanol–water partition coefficient (Wildman–Crippen LogP) is 5.01. The van der Waals surface area contributed by atoms with E-state index in [9.17, 15) is 4.79 Å². The number of nitrogens with zero attached hydrogens (tertiary/aromatic N) is 2. The van der Waals surface area contributed by atoms with Crippen LogP contribution in [-0.4, -0.2) is 42.0 Å². The van der Waals surface area contributed by atoms with Crippen LogP contribution in [0.4, 0.5) is 5.69 Å². The number of benzene rings is 2. The van der Waals surface area contributed by atoms with Crippen LogP contribution in [0.15, 0.2) is 54.7 Å². The Bertz CT molecular complexity index is 1000. The van der Waals surface area contributed by atoms with Crippen molar-refractivity contribution in [2.75, 3.05) is 31.6 Å². The third-order valence-electron chi connectivity index (χ3n) is 5.23. The van der Waals surface area contributed by atoms with Crippen LogP contribution in [0.3, 0.4) is 0 Å².